The molecule has 3 amide bonds. The third kappa shape index (κ3) is 4.06. The van der Waals surface area contributed by atoms with Crippen LogP contribution in [0.4, 0.5) is 5.69 Å². The maximum Gasteiger partial charge on any atom is 0.273 e. The van der Waals surface area contributed by atoms with Crippen molar-refractivity contribution in [3.05, 3.63) is 23.9 Å². The molecular weight excluding hydrogens is 444 g/mol. The molecule has 8 heteroatoms. The molecule has 0 bridgehead atoms. The van der Waals surface area contributed by atoms with Crippen LogP contribution in [0.3, 0.4) is 0 Å². The monoisotopic (exact) mass is 480 g/mol. The molecular formula is C27H36N4O4. The second-order valence-corrected chi connectivity index (χ2v) is 10.6. The topological polar surface area (TPSA) is 92.7 Å². The Kier molecular flexibility index (Phi) is 6.23. The summed E-state index contributed by atoms with van der Waals surface area (Å²) in [6.45, 7) is 3.70. The minimum absolute atomic E-state index is 0.0103. The van der Waals surface area contributed by atoms with Gasteiger partial charge < -0.3 is 24.8 Å². The van der Waals surface area contributed by atoms with E-state index in [1.165, 1.54) is 13.3 Å². The quantitative estimate of drug-likeness (QED) is 0.670. The highest BCUT2D eigenvalue weighted by Crippen LogP contribution is 2.42. The zero-order chi connectivity index (χ0) is 24.7. The molecule has 1 aliphatic heterocycles. The van der Waals surface area contributed by atoms with E-state index >= 15 is 0 Å². The highest BCUT2D eigenvalue weighted by atomic mass is 16.5. The van der Waals surface area contributed by atoms with E-state index in [1.54, 1.807) is 7.11 Å². The van der Waals surface area contributed by atoms with E-state index in [0.717, 1.165) is 62.3 Å². The van der Waals surface area contributed by atoms with Gasteiger partial charge in [0, 0.05) is 24.4 Å². The van der Waals surface area contributed by atoms with Crippen LogP contribution in [0.5, 0.6) is 5.75 Å². The van der Waals surface area contributed by atoms with Gasteiger partial charge in [0.2, 0.25) is 11.8 Å². The van der Waals surface area contributed by atoms with Crippen molar-refractivity contribution in [3.63, 3.8) is 0 Å². The lowest BCUT2D eigenvalue weighted by molar-refractivity contribution is -0.135. The molecule has 0 saturated heterocycles. The van der Waals surface area contributed by atoms with Crippen molar-refractivity contribution in [3.8, 4) is 5.75 Å². The second kappa shape index (κ2) is 9.21. The first kappa shape index (κ1) is 23.7. The number of rotatable bonds is 5. The van der Waals surface area contributed by atoms with Crippen molar-refractivity contribution in [1.82, 2.24) is 14.8 Å². The molecule has 0 unspecified atom stereocenters. The van der Waals surface area contributed by atoms with Gasteiger partial charge in [0.15, 0.2) is 0 Å². The number of fused-ring (bicyclic) bond motifs is 3. The number of benzene rings is 1. The van der Waals surface area contributed by atoms with E-state index in [0.29, 0.717) is 23.7 Å². The lowest BCUT2D eigenvalue weighted by Gasteiger charge is -2.48. The molecule has 8 nitrogen and oxygen atoms in total. The van der Waals surface area contributed by atoms with Crippen molar-refractivity contribution in [2.45, 2.75) is 95.8 Å². The zero-order valence-corrected chi connectivity index (χ0v) is 21.0. The summed E-state index contributed by atoms with van der Waals surface area (Å²) >= 11 is 0. The van der Waals surface area contributed by atoms with Crippen LogP contribution < -0.4 is 15.4 Å². The number of carbonyl (C=O) groups is 3. The highest BCUT2D eigenvalue weighted by Gasteiger charge is 2.52. The summed E-state index contributed by atoms with van der Waals surface area (Å²) in [5, 5.41) is 6.95. The average Bonchev–Trinajstić information content (AvgIpc) is 3.46. The molecule has 1 aromatic carbocycles. The number of nitrogens with one attached hydrogen (secondary N) is 2. The standard InChI is InChI=1S/C27H36N4O4/c1-17(32)28-23-21-15-20(35-3)13-14-22(21)30-16-27(2,26(34)29-18-9-5-4-6-10-18)31(25(33)24(23)30)19-11-7-8-12-19/h13-15,18-19H,4-12,16H2,1-3H3,(H,28,32)(H,29,34)/t27-/m1/s1. The Morgan fingerprint density at radius 3 is 2.40 bits per heavy atom. The minimum atomic E-state index is -1.02. The Morgan fingerprint density at radius 2 is 1.74 bits per heavy atom. The van der Waals surface area contributed by atoms with Crippen molar-refractivity contribution in [2.24, 2.45) is 0 Å². The first-order valence-electron chi connectivity index (χ1n) is 13.0. The Hall–Kier alpha value is -3.03. The van der Waals surface area contributed by atoms with Gasteiger partial charge >= 0.3 is 0 Å². The number of hydrogen-bond acceptors (Lipinski definition) is 4. The number of amides is 3. The molecule has 2 saturated carbocycles. The van der Waals surface area contributed by atoms with Crippen LogP contribution in [-0.4, -0.2) is 51.9 Å². The summed E-state index contributed by atoms with van der Waals surface area (Å²) < 4.78 is 7.35. The maximum atomic E-state index is 14.3. The SMILES string of the molecule is COc1ccc2c(c1)c(NC(C)=O)c1n2C[C@](C)(C(=O)NC2CCCCC2)N(C2CCCC2)C1=O. The van der Waals surface area contributed by atoms with Gasteiger partial charge in [0.05, 0.1) is 24.9 Å². The summed E-state index contributed by atoms with van der Waals surface area (Å²) in [6.07, 6.45) is 9.32. The number of anilines is 1. The molecule has 2 N–H and O–H groups in total. The number of aromatic nitrogens is 1. The lowest BCUT2D eigenvalue weighted by atomic mass is 9.89. The first-order valence-corrected chi connectivity index (χ1v) is 13.0. The lowest BCUT2D eigenvalue weighted by Crippen LogP contribution is -2.67. The predicted molar refractivity (Wildman–Crippen MR) is 135 cm³/mol. The Morgan fingerprint density at radius 1 is 1.06 bits per heavy atom. The summed E-state index contributed by atoms with van der Waals surface area (Å²) in [4.78, 5) is 42.2. The molecule has 188 valence electrons. The van der Waals surface area contributed by atoms with Gasteiger partial charge in [-0.05, 0) is 50.8 Å². The highest BCUT2D eigenvalue weighted by molar-refractivity contribution is 6.14. The Bertz CT molecular complexity index is 1160. The smallest absolute Gasteiger partial charge is 0.273 e. The predicted octanol–water partition coefficient (Wildman–Crippen LogP) is 4.21. The number of methoxy groups -OCH3 is 1. The average molecular weight is 481 g/mol. The molecule has 2 fully saturated rings. The molecule has 2 aromatic rings. The van der Waals surface area contributed by atoms with Gasteiger partial charge in [0.1, 0.15) is 17.0 Å². The van der Waals surface area contributed by atoms with E-state index in [2.05, 4.69) is 10.6 Å². The third-order valence-electron chi connectivity index (χ3n) is 8.11. The van der Waals surface area contributed by atoms with Crippen LogP contribution in [0, 0.1) is 0 Å². The summed E-state index contributed by atoms with van der Waals surface area (Å²) in [5.41, 5.74) is 0.726. The molecule has 0 radical (unpaired) electrons. The number of carbonyl (C=O) groups excluding carboxylic acids is 3. The Labute approximate surface area is 206 Å². The van der Waals surface area contributed by atoms with Gasteiger partial charge in [-0.3, -0.25) is 14.4 Å². The largest absolute Gasteiger partial charge is 0.497 e. The van der Waals surface area contributed by atoms with Crippen LogP contribution in [-0.2, 0) is 16.1 Å². The first-order chi connectivity index (χ1) is 16.8. The molecule has 5 rings (SSSR count). The van der Waals surface area contributed by atoms with E-state index in [-0.39, 0.29) is 29.8 Å². The van der Waals surface area contributed by atoms with Crippen molar-refractivity contribution in [1.29, 1.82) is 0 Å². The molecule has 0 spiro atoms. The molecule has 35 heavy (non-hydrogen) atoms. The fourth-order valence-corrected chi connectivity index (χ4v) is 6.37. The van der Waals surface area contributed by atoms with Crippen LogP contribution in [0.15, 0.2) is 18.2 Å². The summed E-state index contributed by atoms with van der Waals surface area (Å²) in [5.74, 6) is 0.131. The number of nitrogens with zero attached hydrogens (tertiary/aromatic N) is 2. The normalized spacial score (nSPS) is 23.4. The fourth-order valence-electron chi connectivity index (χ4n) is 6.37. The molecule has 1 atom stereocenters. The van der Waals surface area contributed by atoms with Crippen LogP contribution >= 0.6 is 0 Å². The van der Waals surface area contributed by atoms with Crippen molar-refractivity contribution < 1.29 is 19.1 Å². The fraction of sp³-hybridized carbons (Fsp3) is 0.593. The number of ether oxygens (including phenoxy) is 1. The van der Waals surface area contributed by atoms with Crippen molar-refractivity contribution >= 4 is 34.3 Å². The Balaban J connectivity index is 1.64. The summed E-state index contributed by atoms with van der Waals surface area (Å²) in [6, 6.07) is 5.77. The van der Waals surface area contributed by atoms with Gasteiger partial charge in [-0.15, -0.1) is 0 Å². The van der Waals surface area contributed by atoms with Crippen LogP contribution in [0.25, 0.3) is 10.9 Å². The van der Waals surface area contributed by atoms with Crippen molar-refractivity contribution in [2.75, 3.05) is 12.4 Å². The summed E-state index contributed by atoms with van der Waals surface area (Å²) in [7, 11) is 1.59. The van der Waals surface area contributed by atoms with E-state index in [1.807, 2.05) is 34.6 Å². The number of hydrogen-bond donors (Lipinski definition) is 2. The van der Waals surface area contributed by atoms with E-state index in [4.69, 9.17) is 4.74 Å². The molecule has 3 aliphatic rings. The van der Waals surface area contributed by atoms with Gasteiger partial charge in [0.25, 0.3) is 5.91 Å². The van der Waals surface area contributed by atoms with Crippen LogP contribution in [0.1, 0.15) is 82.1 Å². The third-order valence-corrected chi connectivity index (χ3v) is 8.11. The molecule has 2 aliphatic carbocycles. The maximum absolute atomic E-state index is 14.3. The van der Waals surface area contributed by atoms with E-state index < -0.39 is 5.54 Å². The van der Waals surface area contributed by atoms with Gasteiger partial charge in [-0.1, -0.05) is 32.1 Å². The molecule has 2 heterocycles. The van der Waals surface area contributed by atoms with Crippen LogP contribution in [0.2, 0.25) is 0 Å². The van der Waals surface area contributed by atoms with E-state index in [9.17, 15) is 14.4 Å². The second-order valence-electron chi connectivity index (χ2n) is 10.6. The molecule has 1 aromatic heterocycles. The zero-order valence-electron chi connectivity index (χ0n) is 21.0. The van der Waals surface area contributed by atoms with Gasteiger partial charge in [-0.2, -0.15) is 0 Å². The van der Waals surface area contributed by atoms with Gasteiger partial charge in [-0.25, -0.2) is 0 Å². The minimum Gasteiger partial charge on any atom is -0.497 e.